The lowest BCUT2D eigenvalue weighted by atomic mass is 9.98. The molecule has 1 atom stereocenters. The number of rotatable bonds is 4. The monoisotopic (exact) mass is 445 g/mol. The summed E-state index contributed by atoms with van der Waals surface area (Å²) in [5, 5.41) is 7.51. The lowest BCUT2D eigenvalue weighted by molar-refractivity contribution is -0.131. The maximum absolute atomic E-state index is 13.0. The fourth-order valence-corrected chi connectivity index (χ4v) is 5.13. The number of hydrogen-bond acceptors (Lipinski definition) is 5. The van der Waals surface area contributed by atoms with Crippen molar-refractivity contribution in [1.82, 2.24) is 24.9 Å². The first-order valence-electron chi connectivity index (χ1n) is 12.2. The van der Waals surface area contributed by atoms with Crippen LogP contribution < -0.4 is 5.32 Å². The van der Waals surface area contributed by atoms with E-state index in [1.807, 2.05) is 18.7 Å². The maximum atomic E-state index is 13.0. The number of nitrogens with one attached hydrogen (secondary N) is 1. The largest absolute Gasteiger partial charge is 0.356 e. The third kappa shape index (κ3) is 6.40. The lowest BCUT2D eigenvalue weighted by Gasteiger charge is -2.35. The standard InChI is InChI=1S/C24H39N5O3/c1-18-24(20(3)30)19(2)29(26-18)16-10-23(32)28-14-7-6-13-27-12-5-4-9-21(27)17-22(31)25-11-8-15-28/h21H,4-17H2,1-3H3,(H,25,31). The van der Waals surface area contributed by atoms with Crippen LogP contribution in [0.1, 0.15) is 80.0 Å². The van der Waals surface area contributed by atoms with Crippen LogP contribution in [0.5, 0.6) is 0 Å². The topological polar surface area (TPSA) is 87.5 Å². The molecule has 2 aliphatic rings. The first-order valence-corrected chi connectivity index (χ1v) is 12.2. The van der Waals surface area contributed by atoms with Crippen LogP contribution in [0.15, 0.2) is 0 Å². The van der Waals surface area contributed by atoms with Gasteiger partial charge in [-0.15, -0.1) is 0 Å². The van der Waals surface area contributed by atoms with E-state index >= 15 is 0 Å². The smallest absolute Gasteiger partial charge is 0.224 e. The number of amides is 2. The highest BCUT2D eigenvalue weighted by molar-refractivity contribution is 5.96. The van der Waals surface area contributed by atoms with Gasteiger partial charge in [0, 0.05) is 50.8 Å². The van der Waals surface area contributed by atoms with Crippen molar-refractivity contribution in [2.75, 3.05) is 32.7 Å². The van der Waals surface area contributed by atoms with Crippen LogP contribution >= 0.6 is 0 Å². The Labute approximate surface area is 191 Å². The van der Waals surface area contributed by atoms with E-state index in [9.17, 15) is 14.4 Å². The van der Waals surface area contributed by atoms with E-state index in [-0.39, 0.29) is 17.6 Å². The van der Waals surface area contributed by atoms with Crippen molar-refractivity contribution in [3.63, 3.8) is 0 Å². The predicted molar refractivity (Wildman–Crippen MR) is 124 cm³/mol. The zero-order valence-corrected chi connectivity index (χ0v) is 20.0. The highest BCUT2D eigenvalue weighted by Crippen LogP contribution is 2.20. The summed E-state index contributed by atoms with van der Waals surface area (Å²) in [6.07, 6.45) is 7.26. The number of nitrogens with zero attached hydrogens (tertiary/aromatic N) is 4. The average Bonchev–Trinajstić information content (AvgIpc) is 3.05. The first kappa shape index (κ1) is 24.4. The van der Waals surface area contributed by atoms with E-state index in [2.05, 4.69) is 15.3 Å². The Bertz CT molecular complexity index is 819. The SMILES string of the molecule is CC(=O)c1c(C)nn(CCC(=O)N2CCCCN3CCCCC3CC(=O)NCCC2)c1C. The van der Waals surface area contributed by atoms with Crippen molar-refractivity contribution in [1.29, 1.82) is 0 Å². The fraction of sp³-hybridized carbons (Fsp3) is 0.750. The van der Waals surface area contributed by atoms with Crippen LogP contribution in [0.2, 0.25) is 0 Å². The molecule has 178 valence electrons. The normalized spacial score (nSPS) is 21.7. The van der Waals surface area contributed by atoms with Gasteiger partial charge in [0.15, 0.2) is 5.78 Å². The molecule has 8 heteroatoms. The third-order valence-corrected chi connectivity index (χ3v) is 6.84. The first-order chi connectivity index (χ1) is 15.4. The molecule has 2 fully saturated rings. The maximum Gasteiger partial charge on any atom is 0.224 e. The number of aromatic nitrogens is 2. The molecular formula is C24H39N5O3. The number of carbonyl (C=O) groups is 3. The van der Waals surface area contributed by atoms with Gasteiger partial charge >= 0.3 is 0 Å². The third-order valence-electron chi connectivity index (χ3n) is 6.84. The quantitative estimate of drug-likeness (QED) is 0.720. The molecule has 2 saturated heterocycles. The van der Waals surface area contributed by atoms with Gasteiger partial charge in [-0.3, -0.25) is 24.0 Å². The van der Waals surface area contributed by atoms with Crippen molar-refractivity contribution in [2.24, 2.45) is 0 Å². The Morgan fingerprint density at radius 1 is 1.03 bits per heavy atom. The van der Waals surface area contributed by atoms with Gasteiger partial charge in [0.2, 0.25) is 11.8 Å². The molecule has 3 rings (SSSR count). The zero-order valence-electron chi connectivity index (χ0n) is 20.0. The molecule has 0 saturated carbocycles. The molecule has 2 aliphatic heterocycles. The van der Waals surface area contributed by atoms with E-state index in [4.69, 9.17) is 0 Å². The van der Waals surface area contributed by atoms with Crippen LogP contribution in [-0.4, -0.2) is 75.9 Å². The Balaban J connectivity index is 1.57. The number of aryl methyl sites for hydroxylation is 2. The molecule has 0 aliphatic carbocycles. The molecule has 0 spiro atoms. The van der Waals surface area contributed by atoms with Crippen LogP contribution in [-0.2, 0) is 16.1 Å². The molecule has 1 unspecified atom stereocenters. The number of fused-ring (bicyclic) bond motifs is 1. The number of Topliss-reactive ketones (excluding diaryl/α,β-unsaturated/α-hetero) is 1. The number of piperidine rings is 1. The summed E-state index contributed by atoms with van der Waals surface area (Å²) in [4.78, 5) is 41.6. The van der Waals surface area contributed by atoms with Crippen molar-refractivity contribution >= 4 is 17.6 Å². The Morgan fingerprint density at radius 3 is 2.44 bits per heavy atom. The van der Waals surface area contributed by atoms with Gasteiger partial charge in [-0.1, -0.05) is 6.42 Å². The highest BCUT2D eigenvalue weighted by atomic mass is 16.2. The van der Waals surface area contributed by atoms with Crippen LogP contribution in [0.4, 0.5) is 0 Å². The Hall–Kier alpha value is -2.22. The minimum atomic E-state index is 0.00885. The summed E-state index contributed by atoms with van der Waals surface area (Å²) in [6, 6.07) is 0.364. The van der Waals surface area contributed by atoms with Gasteiger partial charge in [0.05, 0.1) is 11.3 Å². The second-order valence-electron chi connectivity index (χ2n) is 9.26. The van der Waals surface area contributed by atoms with Crippen LogP contribution in [0, 0.1) is 13.8 Å². The van der Waals surface area contributed by atoms with E-state index < -0.39 is 0 Å². The molecule has 0 bridgehead atoms. The van der Waals surface area contributed by atoms with E-state index in [0.29, 0.717) is 44.1 Å². The molecule has 1 aromatic heterocycles. The van der Waals surface area contributed by atoms with Crippen LogP contribution in [0.25, 0.3) is 0 Å². The van der Waals surface area contributed by atoms with Gasteiger partial charge in [0.25, 0.3) is 0 Å². The summed E-state index contributed by atoms with van der Waals surface area (Å²) in [7, 11) is 0. The summed E-state index contributed by atoms with van der Waals surface area (Å²) >= 11 is 0. The molecule has 0 radical (unpaired) electrons. The second kappa shape index (κ2) is 11.6. The molecule has 3 heterocycles. The molecule has 2 amide bonds. The number of hydrogen-bond donors (Lipinski definition) is 1. The van der Waals surface area contributed by atoms with Crippen molar-refractivity contribution in [3.05, 3.63) is 17.0 Å². The molecule has 1 aromatic rings. The minimum Gasteiger partial charge on any atom is -0.356 e. The van der Waals surface area contributed by atoms with Gasteiger partial charge in [-0.05, 0) is 66.0 Å². The average molecular weight is 446 g/mol. The van der Waals surface area contributed by atoms with E-state index in [1.54, 1.807) is 11.6 Å². The van der Waals surface area contributed by atoms with E-state index in [1.165, 1.54) is 12.8 Å². The van der Waals surface area contributed by atoms with Gasteiger partial charge in [-0.2, -0.15) is 5.10 Å². The van der Waals surface area contributed by atoms with Crippen molar-refractivity contribution < 1.29 is 14.4 Å². The number of ketones is 1. The second-order valence-corrected chi connectivity index (χ2v) is 9.26. The van der Waals surface area contributed by atoms with Gasteiger partial charge in [-0.25, -0.2) is 0 Å². The molecule has 0 aromatic carbocycles. The molecule has 8 nitrogen and oxygen atoms in total. The van der Waals surface area contributed by atoms with Crippen molar-refractivity contribution in [3.8, 4) is 0 Å². The summed E-state index contributed by atoms with van der Waals surface area (Å²) in [5.41, 5.74) is 2.20. The predicted octanol–water partition coefficient (Wildman–Crippen LogP) is 2.47. The molecule has 1 N–H and O–H groups in total. The molecular weight excluding hydrogens is 406 g/mol. The fourth-order valence-electron chi connectivity index (χ4n) is 5.13. The summed E-state index contributed by atoms with van der Waals surface area (Å²) in [6.45, 7) is 9.83. The number of carbonyl (C=O) groups excluding carboxylic acids is 3. The van der Waals surface area contributed by atoms with Crippen LogP contribution in [0.3, 0.4) is 0 Å². The summed E-state index contributed by atoms with van der Waals surface area (Å²) < 4.78 is 1.78. The Morgan fingerprint density at radius 2 is 1.72 bits per heavy atom. The summed E-state index contributed by atoms with van der Waals surface area (Å²) in [5.74, 6) is 0.248. The van der Waals surface area contributed by atoms with Crippen molar-refractivity contribution in [2.45, 2.75) is 84.7 Å². The lowest BCUT2D eigenvalue weighted by Crippen LogP contribution is -2.43. The minimum absolute atomic E-state index is 0.00885. The highest BCUT2D eigenvalue weighted by Gasteiger charge is 2.25. The van der Waals surface area contributed by atoms with Gasteiger partial charge < -0.3 is 10.2 Å². The Kier molecular flexibility index (Phi) is 8.84. The van der Waals surface area contributed by atoms with E-state index in [0.717, 1.165) is 56.7 Å². The van der Waals surface area contributed by atoms with Gasteiger partial charge in [0.1, 0.15) is 0 Å². The zero-order chi connectivity index (χ0) is 23.1. The molecule has 32 heavy (non-hydrogen) atoms.